The van der Waals surface area contributed by atoms with E-state index in [0.29, 0.717) is 0 Å². The van der Waals surface area contributed by atoms with Crippen LogP contribution in [0.2, 0.25) is 0 Å². The van der Waals surface area contributed by atoms with Crippen LogP contribution in [-0.4, -0.2) is 24.5 Å². The van der Waals surface area contributed by atoms with Crippen molar-refractivity contribution in [1.82, 2.24) is 4.72 Å². The fourth-order valence-corrected chi connectivity index (χ4v) is 5.79. The second kappa shape index (κ2) is 4.94. The smallest absolute Gasteiger partial charge is 0.212 e. The van der Waals surface area contributed by atoms with Crippen LogP contribution in [0.5, 0.6) is 0 Å². The highest BCUT2D eigenvalue weighted by Gasteiger charge is 2.39. The van der Waals surface area contributed by atoms with Crippen molar-refractivity contribution in [2.75, 3.05) is 5.33 Å². The van der Waals surface area contributed by atoms with E-state index in [1.807, 2.05) is 0 Å². The van der Waals surface area contributed by atoms with Crippen LogP contribution in [0.25, 0.3) is 0 Å². The van der Waals surface area contributed by atoms with Gasteiger partial charge in [-0.3, -0.25) is 0 Å². The standard InChI is InChI=1S/C11H20BrNO2S/c12-9-11(7-3-4-8-11)13-16(14,15)10-5-1-2-6-10/h10,13H,1-9H2. The van der Waals surface area contributed by atoms with E-state index in [4.69, 9.17) is 0 Å². The number of alkyl halides is 1. The van der Waals surface area contributed by atoms with Crippen molar-refractivity contribution in [3.8, 4) is 0 Å². The van der Waals surface area contributed by atoms with Crippen molar-refractivity contribution in [2.45, 2.75) is 62.2 Å². The van der Waals surface area contributed by atoms with E-state index >= 15 is 0 Å². The molecule has 0 aliphatic heterocycles. The van der Waals surface area contributed by atoms with Gasteiger partial charge >= 0.3 is 0 Å². The topological polar surface area (TPSA) is 46.2 Å². The Bertz CT molecular complexity index is 330. The molecule has 1 N–H and O–H groups in total. The molecule has 2 fully saturated rings. The summed E-state index contributed by atoms with van der Waals surface area (Å²) in [7, 11) is -3.09. The fourth-order valence-electron chi connectivity index (χ4n) is 2.90. The van der Waals surface area contributed by atoms with Crippen molar-refractivity contribution >= 4 is 26.0 Å². The predicted octanol–water partition coefficient (Wildman–Crippen LogP) is 2.56. The summed E-state index contributed by atoms with van der Waals surface area (Å²) < 4.78 is 27.4. The van der Waals surface area contributed by atoms with Crippen molar-refractivity contribution in [3.63, 3.8) is 0 Å². The van der Waals surface area contributed by atoms with Crippen molar-refractivity contribution < 1.29 is 8.42 Å². The lowest BCUT2D eigenvalue weighted by Gasteiger charge is -2.29. The normalized spacial score (nSPS) is 26.3. The summed E-state index contributed by atoms with van der Waals surface area (Å²) in [5.41, 5.74) is -0.193. The molecule has 0 radical (unpaired) electrons. The minimum atomic E-state index is -3.09. The van der Waals surface area contributed by atoms with Crippen LogP contribution in [-0.2, 0) is 10.0 Å². The number of sulfonamides is 1. The summed E-state index contributed by atoms with van der Waals surface area (Å²) in [5.74, 6) is 0. The zero-order valence-corrected chi connectivity index (χ0v) is 11.9. The van der Waals surface area contributed by atoms with Gasteiger partial charge in [0.2, 0.25) is 10.0 Å². The monoisotopic (exact) mass is 309 g/mol. The van der Waals surface area contributed by atoms with Gasteiger partial charge in [-0.2, -0.15) is 0 Å². The molecule has 2 rings (SSSR count). The highest BCUT2D eigenvalue weighted by atomic mass is 79.9. The molecule has 0 atom stereocenters. The molecule has 0 unspecified atom stereocenters. The van der Waals surface area contributed by atoms with Gasteiger partial charge in [0.1, 0.15) is 0 Å². The summed E-state index contributed by atoms with van der Waals surface area (Å²) >= 11 is 3.47. The van der Waals surface area contributed by atoms with Gasteiger partial charge in [0, 0.05) is 10.9 Å². The fraction of sp³-hybridized carbons (Fsp3) is 1.00. The highest BCUT2D eigenvalue weighted by molar-refractivity contribution is 9.09. The minimum Gasteiger partial charge on any atom is -0.212 e. The molecule has 0 spiro atoms. The highest BCUT2D eigenvalue weighted by Crippen LogP contribution is 2.34. The first-order valence-electron chi connectivity index (χ1n) is 6.17. The van der Waals surface area contributed by atoms with E-state index in [1.165, 1.54) is 0 Å². The summed E-state index contributed by atoms with van der Waals surface area (Å²) in [4.78, 5) is 0. The predicted molar refractivity (Wildman–Crippen MR) is 69.3 cm³/mol. The Morgan fingerprint density at radius 2 is 1.69 bits per heavy atom. The van der Waals surface area contributed by atoms with Gasteiger partial charge in [0.25, 0.3) is 0 Å². The Balaban J connectivity index is 2.06. The molecule has 5 heteroatoms. The Hall–Kier alpha value is 0.390. The molecule has 0 aromatic carbocycles. The largest absolute Gasteiger partial charge is 0.215 e. The molecule has 3 nitrogen and oxygen atoms in total. The summed E-state index contributed by atoms with van der Waals surface area (Å²) in [6.45, 7) is 0. The third-order valence-electron chi connectivity index (χ3n) is 3.92. The molecule has 0 heterocycles. The lowest BCUT2D eigenvalue weighted by atomic mass is 10.0. The van der Waals surface area contributed by atoms with Gasteiger partial charge in [0.05, 0.1) is 5.25 Å². The van der Waals surface area contributed by atoms with Gasteiger partial charge in [-0.15, -0.1) is 0 Å². The molecular weight excluding hydrogens is 290 g/mol. The van der Waals surface area contributed by atoms with E-state index in [-0.39, 0.29) is 10.8 Å². The van der Waals surface area contributed by atoms with Gasteiger partial charge in [0.15, 0.2) is 0 Å². The quantitative estimate of drug-likeness (QED) is 0.811. The Morgan fingerprint density at radius 3 is 2.19 bits per heavy atom. The van der Waals surface area contributed by atoms with Crippen molar-refractivity contribution in [3.05, 3.63) is 0 Å². The van der Waals surface area contributed by atoms with E-state index in [0.717, 1.165) is 56.7 Å². The molecule has 0 aromatic rings. The maximum atomic E-state index is 12.2. The molecule has 2 aliphatic rings. The molecule has 2 aliphatic carbocycles. The molecule has 0 bridgehead atoms. The van der Waals surface area contributed by atoms with Crippen LogP contribution >= 0.6 is 15.9 Å². The molecule has 0 aromatic heterocycles. The number of rotatable bonds is 4. The third kappa shape index (κ3) is 2.62. The molecule has 94 valence electrons. The molecular formula is C11H20BrNO2S. The summed E-state index contributed by atoms with van der Waals surface area (Å²) in [6, 6.07) is 0. The third-order valence-corrected chi connectivity index (χ3v) is 7.06. The van der Waals surface area contributed by atoms with Gasteiger partial charge < -0.3 is 0 Å². The molecule has 16 heavy (non-hydrogen) atoms. The maximum Gasteiger partial charge on any atom is 0.215 e. The van der Waals surface area contributed by atoms with Gasteiger partial charge in [-0.25, -0.2) is 13.1 Å². The van der Waals surface area contributed by atoms with Crippen LogP contribution in [0.3, 0.4) is 0 Å². The van der Waals surface area contributed by atoms with Crippen LogP contribution < -0.4 is 4.72 Å². The van der Waals surface area contributed by atoms with Crippen LogP contribution in [0.15, 0.2) is 0 Å². The molecule has 0 saturated heterocycles. The Labute approximate surface area is 107 Å². The Morgan fingerprint density at radius 1 is 1.12 bits per heavy atom. The van der Waals surface area contributed by atoms with Gasteiger partial charge in [-0.05, 0) is 25.7 Å². The first-order chi connectivity index (χ1) is 7.58. The van der Waals surface area contributed by atoms with E-state index < -0.39 is 10.0 Å². The van der Waals surface area contributed by atoms with E-state index in [9.17, 15) is 8.42 Å². The summed E-state index contributed by atoms with van der Waals surface area (Å²) in [6.07, 6.45) is 8.03. The number of hydrogen-bond acceptors (Lipinski definition) is 2. The number of halogens is 1. The first-order valence-corrected chi connectivity index (χ1v) is 8.84. The lowest BCUT2D eigenvalue weighted by molar-refractivity contribution is 0.433. The second-order valence-electron chi connectivity index (χ2n) is 5.17. The Kier molecular flexibility index (Phi) is 3.97. The summed E-state index contributed by atoms with van der Waals surface area (Å²) in [5, 5.41) is 0.607. The lowest BCUT2D eigenvalue weighted by Crippen LogP contribution is -2.50. The average Bonchev–Trinajstić information content (AvgIpc) is 2.87. The number of hydrogen-bond donors (Lipinski definition) is 1. The van der Waals surface area contributed by atoms with Crippen molar-refractivity contribution in [1.29, 1.82) is 0 Å². The van der Waals surface area contributed by atoms with Gasteiger partial charge in [-0.1, -0.05) is 41.6 Å². The van der Waals surface area contributed by atoms with Crippen LogP contribution in [0.1, 0.15) is 51.4 Å². The van der Waals surface area contributed by atoms with E-state index in [1.54, 1.807) is 0 Å². The minimum absolute atomic E-state index is 0.135. The second-order valence-corrected chi connectivity index (χ2v) is 7.70. The molecule has 2 saturated carbocycles. The van der Waals surface area contributed by atoms with E-state index in [2.05, 4.69) is 20.7 Å². The molecule has 0 amide bonds. The first kappa shape index (κ1) is 12.8. The van der Waals surface area contributed by atoms with Crippen molar-refractivity contribution in [2.24, 2.45) is 0 Å². The van der Waals surface area contributed by atoms with Crippen LogP contribution in [0, 0.1) is 0 Å². The number of nitrogens with one attached hydrogen (secondary N) is 1. The SMILES string of the molecule is O=S(=O)(NC1(CBr)CCCC1)C1CCCC1. The van der Waals surface area contributed by atoms with Crippen LogP contribution in [0.4, 0.5) is 0 Å². The average molecular weight is 310 g/mol. The zero-order valence-electron chi connectivity index (χ0n) is 9.54. The zero-order chi connectivity index (χ0) is 11.6. The maximum absolute atomic E-state index is 12.2.